The van der Waals surface area contributed by atoms with Crippen LogP contribution in [0.4, 0.5) is 11.5 Å². The first kappa shape index (κ1) is 17.7. The van der Waals surface area contributed by atoms with E-state index in [4.69, 9.17) is 4.74 Å². The highest BCUT2D eigenvalue weighted by Crippen LogP contribution is 2.26. The quantitative estimate of drug-likeness (QED) is 0.803. The number of carbonyl (C=O) groups excluding carboxylic acids is 1. The molecule has 0 spiro atoms. The summed E-state index contributed by atoms with van der Waals surface area (Å²) in [5.74, 6) is 1.21. The van der Waals surface area contributed by atoms with Crippen LogP contribution in [0.25, 0.3) is 0 Å². The molecule has 1 heterocycles. The Morgan fingerprint density at radius 2 is 1.88 bits per heavy atom. The number of hydrogen-bond acceptors (Lipinski definition) is 5. The number of aromatic nitrogens is 2. The number of methoxy groups -OCH3 is 1. The molecule has 6 heteroatoms. The number of benzene rings is 1. The highest BCUT2D eigenvalue weighted by molar-refractivity contribution is 5.93. The fourth-order valence-corrected chi connectivity index (χ4v) is 2.45. The summed E-state index contributed by atoms with van der Waals surface area (Å²) < 4.78 is 5.32. The molecule has 0 aliphatic carbocycles. The summed E-state index contributed by atoms with van der Waals surface area (Å²) in [5, 5.41) is 3.17. The van der Waals surface area contributed by atoms with Gasteiger partial charge in [0.15, 0.2) is 0 Å². The molecule has 128 valence electrons. The Morgan fingerprint density at radius 1 is 1.17 bits per heavy atom. The maximum absolute atomic E-state index is 12.6. The van der Waals surface area contributed by atoms with E-state index in [2.05, 4.69) is 29.1 Å². The zero-order chi connectivity index (χ0) is 17.4. The Hall–Kier alpha value is -2.63. The molecular weight excluding hydrogens is 304 g/mol. The highest BCUT2D eigenvalue weighted by Gasteiger charge is 2.16. The molecule has 1 aromatic carbocycles. The number of amides is 1. The largest absolute Gasteiger partial charge is 0.495 e. The van der Waals surface area contributed by atoms with Gasteiger partial charge in [-0.1, -0.05) is 26.0 Å². The van der Waals surface area contributed by atoms with Crippen LogP contribution in [0, 0.1) is 0 Å². The number of nitrogens with one attached hydrogen (secondary N) is 1. The number of anilines is 2. The molecule has 0 fully saturated rings. The molecule has 0 unspecified atom stereocenters. The van der Waals surface area contributed by atoms with E-state index < -0.39 is 0 Å². The van der Waals surface area contributed by atoms with E-state index in [9.17, 15) is 4.79 Å². The Balaban J connectivity index is 2.20. The molecule has 0 atom stereocenters. The minimum absolute atomic E-state index is 0.0656. The molecule has 1 amide bonds. The number of hydrogen-bond donors (Lipinski definition) is 1. The minimum Gasteiger partial charge on any atom is -0.495 e. The maximum atomic E-state index is 12.6. The molecule has 0 bridgehead atoms. The number of carbonyl (C=O) groups is 1. The Kier molecular flexibility index (Phi) is 6.54. The van der Waals surface area contributed by atoms with Crippen LogP contribution in [0.3, 0.4) is 0 Å². The van der Waals surface area contributed by atoms with Gasteiger partial charge in [0.25, 0.3) is 5.91 Å². The van der Waals surface area contributed by atoms with E-state index in [1.54, 1.807) is 13.2 Å². The normalized spacial score (nSPS) is 10.3. The zero-order valence-corrected chi connectivity index (χ0v) is 14.5. The molecule has 0 saturated heterocycles. The van der Waals surface area contributed by atoms with Gasteiger partial charge in [-0.15, -0.1) is 0 Å². The minimum atomic E-state index is -0.0656. The number of ether oxygens (including phenoxy) is 1. The molecule has 1 aromatic heterocycles. The van der Waals surface area contributed by atoms with E-state index in [1.807, 2.05) is 29.2 Å². The molecule has 1 N–H and O–H groups in total. The highest BCUT2D eigenvalue weighted by atomic mass is 16.5. The second-order valence-corrected chi connectivity index (χ2v) is 5.41. The van der Waals surface area contributed by atoms with E-state index in [0.29, 0.717) is 17.3 Å². The van der Waals surface area contributed by atoms with E-state index in [1.165, 1.54) is 6.33 Å². The Labute approximate surface area is 142 Å². The fraction of sp³-hybridized carbons (Fsp3) is 0.389. The van der Waals surface area contributed by atoms with E-state index in [-0.39, 0.29) is 5.91 Å². The Morgan fingerprint density at radius 3 is 2.54 bits per heavy atom. The van der Waals surface area contributed by atoms with Crippen molar-refractivity contribution in [2.45, 2.75) is 26.7 Å². The first-order valence-corrected chi connectivity index (χ1v) is 8.21. The van der Waals surface area contributed by atoms with Gasteiger partial charge < -0.3 is 15.0 Å². The van der Waals surface area contributed by atoms with Crippen LogP contribution in [-0.2, 0) is 0 Å². The van der Waals surface area contributed by atoms with Crippen molar-refractivity contribution >= 4 is 17.4 Å². The predicted molar refractivity (Wildman–Crippen MR) is 94.8 cm³/mol. The van der Waals surface area contributed by atoms with Crippen LogP contribution >= 0.6 is 0 Å². The monoisotopic (exact) mass is 328 g/mol. The van der Waals surface area contributed by atoms with Crippen LogP contribution in [0.1, 0.15) is 37.2 Å². The smallest absolute Gasteiger partial charge is 0.272 e. The summed E-state index contributed by atoms with van der Waals surface area (Å²) in [5.41, 5.74) is 1.18. The third-order valence-corrected chi connectivity index (χ3v) is 3.53. The molecular formula is C18H24N4O2. The van der Waals surface area contributed by atoms with Gasteiger partial charge in [0.05, 0.1) is 12.8 Å². The average Bonchev–Trinajstić information content (AvgIpc) is 2.61. The molecule has 2 rings (SSSR count). The molecule has 0 saturated carbocycles. The van der Waals surface area contributed by atoms with Crippen LogP contribution in [0.15, 0.2) is 36.7 Å². The van der Waals surface area contributed by atoms with E-state index >= 15 is 0 Å². The molecule has 0 radical (unpaired) electrons. The summed E-state index contributed by atoms with van der Waals surface area (Å²) in [6, 6.07) is 9.23. The first-order chi connectivity index (χ1) is 11.7. The lowest BCUT2D eigenvalue weighted by Gasteiger charge is -2.21. The summed E-state index contributed by atoms with van der Waals surface area (Å²) in [4.78, 5) is 22.8. The van der Waals surface area contributed by atoms with Gasteiger partial charge in [-0.3, -0.25) is 4.79 Å². The zero-order valence-electron chi connectivity index (χ0n) is 14.5. The van der Waals surface area contributed by atoms with E-state index in [0.717, 1.165) is 31.6 Å². The third kappa shape index (κ3) is 4.44. The lowest BCUT2D eigenvalue weighted by atomic mass is 10.2. The summed E-state index contributed by atoms with van der Waals surface area (Å²) in [7, 11) is 1.61. The van der Waals surface area contributed by atoms with Gasteiger partial charge in [-0.25, -0.2) is 9.97 Å². The summed E-state index contributed by atoms with van der Waals surface area (Å²) in [6.07, 6.45) is 3.24. The topological polar surface area (TPSA) is 67.4 Å². The number of rotatable bonds is 8. The van der Waals surface area contributed by atoms with Crippen LogP contribution in [0.5, 0.6) is 5.75 Å². The predicted octanol–water partition coefficient (Wildman–Crippen LogP) is 3.49. The second-order valence-electron chi connectivity index (χ2n) is 5.41. The van der Waals surface area contributed by atoms with Crippen LogP contribution in [0.2, 0.25) is 0 Å². The third-order valence-electron chi connectivity index (χ3n) is 3.53. The van der Waals surface area contributed by atoms with Gasteiger partial charge >= 0.3 is 0 Å². The molecule has 0 aliphatic rings. The Bertz CT molecular complexity index is 670. The van der Waals surface area contributed by atoms with Crippen molar-refractivity contribution in [2.75, 3.05) is 25.5 Å². The van der Waals surface area contributed by atoms with Crippen molar-refractivity contribution in [3.05, 3.63) is 42.4 Å². The number of para-hydroxylation sites is 2. The SMILES string of the molecule is CCCN(CCC)C(=O)c1cc(Nc2ccccc2OC)ncn1. The number of nitrogens with zero attached hydrogens (tertiary/aromatic N) is 3. The average molecular weight is 328 g/mol. The van der Waals surface area contributed by atoms with Crippen molar-refractivity contribution in [1.29, 1.82) is 0 Å². The molecule has 0 aliphatic heterocycles. The van der Waals surface area contributed by atoms with Crippen LogP contribution in [-0.4, -0.2) is 41.0 Å². The van der Waals surface area contributed by atoms with Gasteiger partial charge in [-0.2, -0.15) is 0 Å². The van der Waals surface area contributed by atoms with Crippen molar-refractivity contribution in [1.82, 2.24) is 14.9 Å². The maximum Gasteiger partial charge on any atom is 0.272 e. The molecule has 6 nitrogen and oxygen atoms in total. The first-order valence-electron chi connectivity index (χ1n) is 8.21. The summed E-state index contributed by atoms with van der Waals surface area (Å²) >= 11 is 0. The van der Waals surface area contributed by atoms with Gasteiger partial charge in [0.2, 0.25) is 0 Å². The lowest BCUT2D eigenvalue weighted by molar-refractivity contribution is 0.0749. The van der Waals surface area contributed by atoms with Crippen molar-refractivity contribution in [3.8, 4) is 5.75 Å². The van der Waals surface area contributed by atoms with Crippen molar-refractivity contribution in [3.63, 3.8) is 0 Å². The summed E-state index contributed by atoms with van der Waals surface area (Å²) in [6.45, 7) is 5.58. The fourth-order valence-electron chi connectivity index (χ4n) is 2.45. The van der Waals surface area contributed by atoms with Gasteiger partial charge in [-0.05, 0) is 25.0 Å². The molecule has 24 heavy (non-hydrogen) atoms. The van der Waals surface area contributed by atoms with Crippen molar-refractivity contribution in [2.24, 2.45) is 0 Å². The lowest BCUT2D eigenvalue weighted by Crippen LogP contribution is -2.33. The van der Waals surface area contributed by atoms with Crippen LogP contribution < -0.4 is 10.1 Å². The second kappa shape index (κ2) is 8.86. The standard InChI is InChI=1S/C18H24N4O2/c1-4-10-22(11-5-2)18(23)15-12-17(20-13-19-15)21-14-8-6-7-9-16(14)24-3/h6-9,12-13H,4-5,10-11H2,1-3H3,(H,19,20,21). The molecule has 2 aromatic rings. The van der Waals surface area contributed by atoms with Gasteiger partial charge in [0, 0.05) is 19.2 Å². The van der Waals surface area contributed by atoms with Gasteiger partial charge in [0.1, 0.15) is 23.6 Å². The van der Waals surface area contributed by atoms with Crippen molar-refractivity contribution < 1.29 is 9.53 Å².